The lowest BCUT2D eigenvalue weighted by atomic mass is 9.94. The molecule has 0 heterocycles. The second-order valence-electron chi connectivity index (χ2n) is 5.23. The summed E-state index contributed by atoms with van der Waals surface area (Å²) in [6.45, 7) is 2.66. The van der Waals surface area contributed by atoms with Gasteiger partial charge < -0.3 is 21.9 Å². The number of hydrogen-bond acceptors (Lipinski definition) is 4. The number of carbonyl (C=O) groups excluding carboxylic acids is 2. The highest BCUT2D eigenvalue weighted by molar-refractivity contribution is 5.84. The molecule has 0 radical (unpaired) electrons. The fourth-order valence-electron chi connectivity index (χ4n) is 2.22. The predicted molar refractivity (Wildman–Crippen MR) is 79.3 cm³/mol. The van der Waals surface area contributed by atoms with Crippen LogP contribution < -0.4 is 16.8 Å². The Kier molecular flexibility index (Phi) is 10.2. The Hall–Kier alpha value is -1.63. The number of primary amides is 1. The van der Waals surface area contributed by atoms with E-state index in [0.29, 0.717) is 18.9 Å². The summed E-state index contributed by atoms with van der Waals surface area (Å²) < 4.78 is 0. The van der Waals surface area contributed by atoms with Gasteiger partial charge in [-0.3, -0.25) is 9.59 Å². The topological polar surface area (TPSA) is 136 Å². The molecule has 7 nitrogen and oxygen atoms in total. The Balaban J connectivity index is 4.23. The molecule has 0 saturated heterocycles. The highest BCUT2D eigenvalue weighted by Gasteiger charge is 2.20. The van der Waals surface area contributed by atoms with Gasteiger partial charge in [-0.1, -0.05) is 19.8 Å². The Morgan fingerprint density at radius 3 is 2.24 bits per heavy atom. The molecule has 21 heavy (non-hydrogen) atoms. The van der Waals surface area contributed by atoms with Gasteiger partial charge in [0.05, 0.1) is 0 Å². The molecule has 0 aromatic rings. The second-order valence-corrected chi connectivity index (χ2v) is 5.23. The molecule has 0 aromatic carbocycles. The first-order valence-electron chi connectivity index (χ1n) is 7.41. The monoisotopic (exact) mass is 301 g/mol. The van der Waals surface area contributed by atoms with Crippen molar-refractivity contribution in [3.63, 3.8) is 0 Å². The molecule has 2 amide bonds. The number of aliphatic carboxylic acids is 1. The SMILES string of the molecule is CCCC(CCN)CCC(=O)N[C@@H](CCC(N)=O)C(=O)O. The number of carbonyl (C=O) groups is 3. The van der Waals surface area contributed by atoms with E-state index in [1.165, 1.54) is 0 Å². The Morgan fingerprint density at radius 1 is 1.10 bits per heavy atom. The minimum Gasteiger partial charge on any atom is -0.480 e. The van der Waals surface area contributed by atoms with Crippen LogP contribution in [0, 0.1) is 5.92 Å². The summed E-state index contributed by atoms with van der Waals surface area (Å²) in [5.41, 5.74) is 10.5. The second kappa shape index (κ2) is 11.1. The number of amides is 2. The molecule has 0 bridgehead atoms. The molecular formula is C14H27N3O4. The van der Waals surface area contributed by atoms with Crippen molar-refractivity contribution in [2.75, 3.05) is 6.54 Å². The lowest BCUT2D eigenvalue weighted by molar-refractivity contribution is -0.142. The van der Waals surface area contributed by atoms with Crippen molar-refractivity contribution in [3.8, 4) is 0 Å². The zero-order valence-electron chi connectivity index (χ0n) is 12.6. The van der Waals surface area contributed by atoms with Crippen molar-refractivity contribution < 1.29 is 19.5 Å². The third-order valence-electron chi connectivity index (χ3n) is 3.36. The third kappa shape index (κ3) is 9.84. The van der Waals surface area contributed by atoms with Gasteiger partial charge in [0.15, 0.2) is 0 Å². The first kappa shape index (κ1) is 19.4. The Bertz CT molecular complexity index is 341. The molecule has 0 saturated carbocycles. The van der Waals surface area contributed by atoms with Gasteiger partial charge in [0, 0.05) is 12.8 Å². The average Bonchev–Trinajstić information content (AvgIpc) is 2.40. The van der Waals surface area contributed by atoms with Gasteiger partial charge in [0.25, 0.3) is 0 Å². The molecule has 0 aliphatic carbocycles. The number of nitrogens with one attached hydrogen (secondary N) is 1. The van der Waals surface area contributed by atoms with Crippen LogP contribution >= 0.6 is 0 Å². The van der Waals surface area contributed by atoms with Crippen LogP contribution in [0.5, 0.6) is 0 Å². The molecule has 0 aromatic heterocycles. The van der Waals surface area contributed by atoms with Gasteiger partial charge in [-0.15, -0.1) is 0 Å². The molecule has 0 aliphatic heterocycles. The van der Waals surface area contributed by atoms with Crippen molar-refractivity contribution in [3.05, 3.63) is 0 Å². The number of hydrogen-bond donors (Lipinski definition) is 4. The van der Waals surface area contributed by atoms with Crippen molar-refractivity contribution >= 4 is 17.8 Å². The van der Waals surface area contributed by atoms with Crippen LogP contribution in [0.25, 0.3) is 0 Å². The van der Waals surface area contributed by atoms with Crippen molar-refractivity contribution in [2.45, 2.75) is 57.9 Å². The van der Waals surface area contributed by atoms with Gasteiger partial charge in [-0.25, -0.2) is 4.79 Å². The first-order chi connectivity index (χ1) is 9.90. The average molecular weight is 301 g/mol. The highest BCUT2D eigenvalue weighted by Crippen LogP contribution is 2.16. The van der Waals surface area contributed by atoms with Gasteiger partial charge in [0.1, 0.15) is 6.04 Å². The zero-order chi connectivity index (χ0) is 16.3. The summed E-state index contributed by atoms with van der Waals surface area (Å²) in [5, 5.41) is 11.4. The predicted octanol–water partition coefficient (Wildman–Crippen LogP) is 0.367. The molecule has 0 fully saturated rings. The maximum absolute atomic E-state index is 11.8. The lowest BCUT2D eigenvalue weighted by Gasteiger charge is -2.17. The fourth-order valence-corrected chi connectivity index (χ4v) is 2.22. The number of nitrogens with two attached hydrogens (primary N) is 2. The Morgan fingerprint density at radius 2 is 1.76 bits per heavy atom. The smallest absolute Gasteiger partial charge is 0.326 e. The molecule has 6 N–H and O–H groups in total. The normalized spacial score (nSPS) is 13.4. The zero-order valence-corrected chi connectivity index (χ0v) is 12.6. The van der Waals surface area contributed by atoms with Crippen LogP contribution in [0.15, 0.2) is 0 Å². The summed E-state index contributed by atoms with van der Waals surface area (Å²) in [4.78, 5) is 33.5. The molecule has 2 atom stereocenters. The standard InChI is InChI=1S/C14H27N3O4/c1-2-3-10(8-9-15)4-7-13(19)17-11(14(20)21)5-6-12(16)18/h10-11H,2-9,15H2,1H3,(H2,16,18)(H,17,19)(H,20,21)/t10?,11-/m0/s1. The van der Waals surface area contributed by atoms with Gasteiger partial charge >= 0.3 is 5.97 Å². The molecule has 0 spiro atoms. The number of rotatable bonds is 12. The van der Waals surface area contributed by atoms with Crippen LogP contribution in [-0.4, -0.2) is 35.5 Å². The first-order valence-corrected chi connectivity index (χ1v) is 7.41. The van der Waals surface area contributed by atoms with E-state index >= 15 is 0 Å². The maximum atomic E-state index is 11.8. The molecular weight excluding hydrogens is 274 g/mol. The summed E-state index contributed by atoms with van der Waals surface area (Å²) in [5.74, 6) is -1.66. The lowest BCUT2D eigenvalue weighted by Crippen LogP contribution is -2.41. The fraction of sp³-hybridized carbons (Fsp3) is 0.786. The molecule has 0 aliphatic rings. The van der Waals surface area contributed by atoms with E-state index < -0.39 is 17.9 Å². The van der Waals surface area contributed by atoms with Gasteiger partial charge in [0.2, 0.25) is 11.8 Å². The van der Waals surface area contributed by atoms with Crippen molar-refractivity contribution in [2.24, 2.45) is 17.4 Å². The summed E-state index contributed by atoms with van der Waals surface area (Å²) >= 11 is 0. The summed E-state index contributed by atoms with van der Waals surface area (Å²) in [6.07, 6.45) is 3.81. The van der Waals surface area contributed by atoms with E-state index in [9.17, 15) is 14.4 Å². The summed E-state index contributed by atoms with van der Waals surface area (Å²) in [6, 6.07) is -1.07. The van der Waals surface area contributed by atoms with E-state index in [-0.39, 0.29) is 25.2 Å². The van der Waals surface area contributed by atoms with E-state index in [1.807, 2.05) is 0 Å². The van der Waals surface area contributed by atoms with Gasteiger partial charge in [-0.2, -0.15) is 0 Å². The third-order valence-corrected chi connectivity index (χ3v) is 3.36. The minimum atomic E-state index is -1.16. The highest BCUT2D eigenvalue weighted by atomic mass is 16.4. The van der Waals surface area contributed by atoms with E-state index in [2.05, 4.69) is 12.2 Å². The molecule has 122 valence electrons. The molecule has 1 unspecified atom stereocenters. The van der Waals surface area contributed by atoms with Crippen LogP contribution in [-0.2, 0) is 14.4 Å². The van der Waals surface area contributed by atoms with Crippen LogP contribution in [0.3, 0.4) is 0 Å². The van der Waals surface area contributed by atoms with Crippen LogP contribution in [0.2, 0.25) is 0 Å². The molecule has 0 rings (SSSR count). The van der Waals surface area contributed by atoms with E-state index in [4.69, 9.17) is 16.6 Å². The van der Waals surface area contributed by atoms with Crippen molar-refractivity contribution in [1.82, 2.24) is 5.32 Å². The number of carboxylic acids is 1. The van der Waals surface area contributed by atoms with E-state index in [0.717, 1.165) is 19.3 Å². The quantitative estimate of drug-likeness (QED) is 0.413. The van der Waals surface area contributed by atoms with Crippen LogP contribution in [0.4, 0.5) is 0 Å². The molecule has 7 heteroatoms. The summed E-state index contributed by atoms with van der Waals surface area (Å²) in [7, 11) is 0. The minimum absolute atomic E-state index is 0.0115. The van der Waals surface area contributed by atoms with E-state index in [1.54, 1.807) is 0 Å². The van der Waals surface area contributed by atoms with Crippen LogP contribution in [0.1, 0.15) is 51.9 Å². The van der Waals surface area contributed by atoms with Gasteiger partial charge in [-0.05, 0) is 31.7 Å². The Labute approximate surface area is 125 Å². The maximum Gasteiger partial charge on any atom is 0.326 e. The van der Waals surface area contributed by atoms with Crippen molar-refractivity contribution in [1.29, 1.82) is 0 Å². The number of carboxylic acid groups (broad SMARTS) is 1. The largest absolute Gasteiger partial charge is 0.480 e.